The summed E-state index contributed by atoms with van der Waals surface area (Å²) >= 11 is 16.5. The molecule has 0 unspecified atom stereocenters. The molecule has 0 N–H and O–H groups in total. The summed E-state index contributed by atoms with van der Waals surface area (Å²) in [6.07, 6.45) is 1.85. The van der Waals surface area contributed by atoms with Gasteiger partial charge in [-0.25, -0.2) is 4.98 Å². The minimum atomic E-state index is -0.718. The maximum atomic E-state index is 12.8. The Morgan fingerprint density at radius 3 is 2.49 bits per heavy atom. The molecule has 0 aliphatic carbocycles. The highest BCUT2D eigenvalue weighted by molar-refractivity contribution is 9.10. The van der Waals surface area contributed by atoms with Gasteiger partial charge in [0.1, 0.15) is 17.8 Å². The Labute approximate surface area is 226 Å². The van der Waals surface area contributed by atoms with Crippen LogP contribution in [-0.4, -0.2) is 45.8 Å². The van der Waals surface area contributed by atoms with E-state index in [1.807, 2.05) is 23.6 Å². The first kappa shape index (κ1) is 28.7. The number of amides is 2. The highest BCUT2D eigenvalue weighted by Crippen LogP contribution is 2.35. The van der Waals surface area contributed by atoms with Crippen molar-refractivity contribution in [3.05, 3.63) is 56.4 Å². The average molecular weight is 609 g/mol. The lowest BCUT2D eigenvalue weighted by Gasteiger charge is -2.24. The first-order chi connectivity index (χ1) is 16.0. The van der Waals surface area contributed by atoms with Crippen LogP contribution in [0.2, 0.25) is 10.0 Å². The highest BCUT2D eigenvalue weighted by atomic mass is 79.9. The third-order valence-electron chi connectivity index (χ3n) is 4.86. The highest BCUT2D eigenvalue weighted by Gasteiger charge is 2.23. The van der Waals surface area contributed by atoms with Crippen LogP contribution in [0.25, 0.3) is 5.65 Å². The summed E-state index contributed by atoms with van der Waals surface area (Å²) in [6, 6.07) is 6.77. The van der Waals surface area contributed by atoms with Gasteiger partial charge in [0.2, 0.25) is 5.91 Å². The van der Waals surface area contributed by atoms with E-state index in [-0.39, 0.29) is 24.0 Å². The number of carbonyl (C=O) groups excluding carboxylic acids is 3. The van der Waals surface area contributed by atoms with Gasteiger partial charge in [0.25, 0.3) is 5.91 Å². The minimum Gasteiger partial charge on any atom is -0.485 e. The number of ether oxygens (including phenoxy) is 1. The molecular weight excluding hydrogens is 587 g/mol. The quantitative estimate of drug-likeness (QED) is 0.366. The van der Waals surface area contributed by atoms with Gasteiger partial charge < -0.3 is 14.5 Å². The van der Waals surface area contributed by atoms with Crippen molar-refractivity contribution < 1.29 is 24.0 Å². The van der Waals surface area contributed by atoms with Crippen LogP contribution in [0, 0.1) is 6.92 Å². The molecule has 0 aliphatic heterocycles. The molecule has 13 heteroatoms. The fraction of sp³-hybridized carbons (Fsp3) is 0.273. The number of nitrogens with zero attached hydrogens (tertiary/aromatic N) is 4. The molecule has 2 aromatic heterocycles. The van der Waals surface area contributed by atoms with Crippen molar-refractivity contribution in [1.82, 2.24) is 14.4 Å². The Hall–Kier alpha value is -2.53. The summed E-state index contributed by atoms with van der Waals surface area (Å²) in [6.45, 7) is 3.73. The second-order valence-electron chi connectivity index (χ2n) is 7.29. The largest absolute Gasteiger partial charge is 0.485 e. The van der Waals surface area contributed by atoms with Crippen molar-refractivity contribution in [2.24, 2.45) is 0 Å². The van der Waals surface area contributed by atoms with E-state index in [1.165, 1.54) is 18.9 Å². The Bertz CT molecular complexity index is 1280. The maximum Gasteiger partial charge on any atom is 0.329 e. The number of halogens is 4. The predicted molar refractivity (Wildman–Crippen MR) is 138 cm³/mol. The van der Waals surface area contributed by atoms with Crippen molar-refractivity contribution in [2.75, 3.05) is 18.5 Å². The third-order valence-corrected chi connectivity index (χ3v) is 6.59. The number of hydrogen-bond donors (Lipinski definition) is 0. The fourth-order valence-corrected chi connectivity index (χ4v) is 4.07. The summed E-state index contributed by atoms with van der Waals surface area (Å²) in [4.78, 5) is 46.2. The van der Waals surface area contributed by atoms with Crippen molar-refractivity contribution in [3.63, 3.8) is 0 Å². The number of imidazole rings is 1. The Balaban J connectivity index is 0.00000432. The molecule has 0 fully saturated rings. The van der Waals surface area contributed by atoms with Crippen LogP contribution in [0.4, 0.5) is 5.69 Å². The van der Waals surface area contributed by atoms with E-state index >= 15 is 0 Å². The molecule has 35 heavy (non-hydrogen) atoms. The number of aryl methyl sites for hydroxylation is 1. The normalized spacial score (nSPS) is 10.5. The van der Waals surface area contributed by atoms with Gasteiger partial charge in [0.15, 0.2) is 11.4 Å². The second-order valence-corrected chi connectivity index (χ2v) is 8.83. The van der Waals surface area contributed by atoms with Gasteiger partial charge >= 0.3 is 5.97 Å². The van der Waals surface area contributed by atoms with E-state index in [9.17, 15) is 14.4 Å². The molecule has 0 aliphatic rings. The van der Waals surface area contributed by atoms with Gasteiger partial charge in [-0.3, -0.25) is 18.8 Å². The number of benzene rings is 1. The van der Waals surface area contributed by atoms with Gasteiger partial charge in [-0.15, -0.1) is 12.4 Å². The number of anilines is 1. The van der Waals surface area contributed by atoms with Crippen LogP contribution < -0.4 is 9.64 Å². The first-order valence-electron chi connectivity index (χ1n) is 9.97. The molecule has 3 rings (SSSR count). The third kappa shape index (κ3) is 6.38. The molecule has 0 radical (unpaired) electrons. The van der Waals surface area contributed by atoms with Crippen molar-refractivity contribution >= 4 is 80.7 Å². The lowest BCUT2D eigenvalue weighted by atomic mass is 10.2. The van der Waals surface area contributed by atoms with Crippen LogP contribution in [0.1, 0.15) is 25.1 Å². The van der Waals surface area contributed by atoms with Crippen LogP contribution in [0.5, 0.6) is 5.75 Å². The SMILES string of the molecule is CC(=O)ON(CC(=O)N(C)c1ccc(Cl)c(COc2cccn3c(Br)c(C)nc23)c1Cl)C(C)=O.Cl. The van der Waals surface area contributed by atoms with E-state index in [1.54, 1.807) is 18.2 Å². The lowest BCUT2D eigenvalue weighted by molar-refractivity contribution is -0.195. The molecular formula is C22H22BrCl3N4O5. The molecule has 2 amide bonds. The Morgan fingerprint density at radius 2 is 1.86 bits per heavy atom. The zero-order chi connectivity index (χ0) is 25.2. The number of rotatable bonds is 6. The molecule has 3 aromatic rings. The summed E-state index contributed by atoms with van der Waals surface area (Å²) in [7, 11) is 1.49. The number of likely N-dealkylation sites (N-methyl/N-ethyl adjacent to an activating group) is 1. The van der Waals surface area contributed by atoms with Gasteiger partial charge in [-0.2, -0.15) is 5.06 Å². The minimum absolute atomic E-state index is 0. The maximum absolute atomic E-state index is 12.8. The molecule has 2 heterocycles. The molecule has 0 saturated carbocycles. The van der Waals surface area contributed by atoms with Crippen LogP contribution in [-0.2, 0) is 25.8 Å². The number of pyridine rings is 1. The average Bonchev–Trinajstić information content (AvgIpc) is 3.06. The number of fused-ring (bicyclic) bond motifs is 1. The second kappa shape index (κ2) is 11.9. The summed E-state index contributed by atoms with van der Waals surface area (Å²) < 4.78 is 8.65. The Kier molecular flexibility index (Phi) is 9.79. The van der Waals surface area contributed by atoms with Crippen molar-refractivity contribution in [2.45, 2.75) is 27.4 Å². The predicted octanol–water partition coefficient (Wildman–Crippen LogP) is 5.00. The van der Waals surface area contributed by atoms with Crippen LogP contribution in [0.15, 0.2) is 35.1 Å². The first-order valence-corrected chi connectivity index (χ1v) is 11.5. The van der Waals surface area contributed by atoms with Gasteiger partial charge in [-0.1, -0.05) is 23.2 Å². The van der Waals surface area contributed by atoms with Gasteiger partial charge in [-0.05, 0) is 47.1 Å². The van der Waals surface area contributed by atoms with Crippen molar-refractivity contribution in [1.29, 1.82) is 0 Å². The molecule has 0 spiro atoms. The summed E-state index contributed by atoms with van der Waals surface area (Å²) in [5.41, 5.74) is 2.24. The monoisotopic (exact) mass is 606 g/mol. The number of carbonyl (C=O) groups is 3. The summed E-state index contributed by atoms with van der Waals surface area (Å²) in [5.74, 6) is -1.32. The van der Waals surface area contributed by atoms with Gasteiger partial charge in [0.05, 0.1) is 16.4 Å². The van der Waals surface area contributed by atoms with E-state index in [0.29, 0.717) is 32.7 Å². The smallest absolute Gasteiger partial charge is 0.329 e. The standard InChI is InChI=1S/C22H21BrCl2N4O5.ClH/c1-12-21(23)28-9-5-6-18(22(28)26-12)33-11-15-16(24)7-8-17(20(15)25)27(4)19(32)10-29(13(2)30)34-14(3)31;/h5-9H,10-11H2,1-4H3;1H. The Morgan fingerprint density at radius 1 is 1.17 bits per heavy atom. The van der Waals surface area contributed by atoms with E-state index in [2.05, 4.69) is 20.9 Å². The zero-order valence-corrected chi connectivity index (χ0v) is 23.1. The van der Waals surface area contributed by atoms with Crippen molar-refractivity contribution in [3.8, 4) is 5.75 Å². The molecule has 9 nitrogen and oxygen atoms in total. The molecule has 0 atom stereocenters. The zero-order valence-electron chi connectivity index (χ0n) is 19.2. The van der Waals surface area contributed by atoms with Crippen LogP contribution in [0.3, 0.4) is 0 Å². The number of hydroxylamine groups is 2. The molecule has 0 saturated heterocycles. The van der Waals surface area contributed by atoms with Crippen LogP contribution >= 0.6 is 51.5 Å². The summed E-state index contributed by atoms with van der Waals surface area (Å²) in [5, 5.41) is 1.24. The molecule has 0 bridgehead atoms. The number of hydrogen-bond acceptors (Lipinski definition) is 6. The fourth-order valence-electron chi connectivity index (χ4n) is 3.09. The molecule has 1 aromatic carbocycles. The molecule has 188 valence electrons. The number of aromatic nitrogens is 2. The van der Waals surface area contributed by atoms with E-state index < -0.39 is 24.3 Å². The lowest BCUT2D eigenvalue weighted by Crippen LogP contribution is -2.41. The van der Waals surface area contributed by atoms with E-state index in [0.717, 1.165) is 17.2 Å². The van der Waals surface area contributed by atoms with E-state index in [4.69, 9.17) is 32.8 Å². The topological polar surface area (TPSA) is 93.4 Å². The van der Waals surface area contributed by atoms with Gasteiger partial charge in [0, 0.05) is 37.7 Å².